The molecule has 0 aliphatic heterocycles. The Balaban J connectivity index is 1.65. The topological polar surface area (TPSA) is 85.9 Å². The molecule has 0 radical (unpaired) electrons. The zero-order chi connectivity index (χ0) is 22.9. The molecule has 0 aliphatic carbocycles. The largest absolute Gasteiger partial charge is 0.496 e. The van der Waals surface area contributed by atoms with Gasteiger partial charge in [-0.25, -0.2) is 0 Å². The van der Waals surface area contributed by atoms with Crippen LogP contribution < -0.4 is 24.8 Å². The summed E-state index contributed by atoms with van der Waals surface area (Å²) in [6.45, 7) is 0. The SMILES string of the molecule is COc1ccccc1NC(=O)CSc1cccc(NC(=O)c2c(OC)cccc2OC)c1. The van der Waals surface area contributed by atoms with E-state index in [2.05, 4.69) is 10.6 Å². The van der Waals surface area contributed by atoms with Crippen molar-refractivity contribution in [2.45, 2.75) is 4.90 Å². The number of ether oxygens (including phenoxy) is 3. The van der Waals surface area contributed by atoms with Gasteiger partial charge >= 0.3 is 0 Å². The van der Waals surface area contributed by atoms with Crippen LogP contribution in [0, 0.1) is 0 Å². The second-order valence-corrected chi connectivity index (χ2v) is 7.61. The summed E-state index contributed by atoms with van der Waals surface area (Å²) in [4.78, 5) is 26.1. The smallest absolute Gasteiger partial charge is 0.263 e. The summed E-state index contributed by atoms with van der Waals surface area (Å²) in [5.74, 6) is 1.13. The van der Waals surface area contributed by atoms with Crippen molar-refractivity contribution in [2.24, 2.45) is 0 Å². The van der Waals surface area contributed by atoms with E-state index >= 15 is 0 Å². The van der Waals surface area contributed by atoms with Crippen LogP contribution in [0.15, 0.2) is 71.6 Å². The zero-order valence-electron chi connectivity index (χ0n) is 18.0. The lowest BCUT2D eigenvalue weighted by molar-refractivity contribution is -0.113. The van der Waals surface area contributed by atoms with Gasteiger partial charge in [-0.05, 0) is 42.5 Å². The first-order valence-corrected chi connectivity index (χ1v) is 10.7. The fraction of sp³-hybridized carbons (Fsp3) is 0.167. The van der Waals surface area contributed by atoms with Crippen LogP contribution in [-0.2, 0) is 4.79 Å². The van der Waals surface area contributed by atoms with E-state index in [0.717, 1.165) is 4.90 Å². The van der Waals surface area contributed by atoms with Crippen LogP contribution in [0.3, 0.4) is 0 Å². The summed E-state index contributed by atoms with van der Waals surface area (Å²) in [5, 5.41) is 5.70. The summed E-state index contributed by atoms with van der Waals surface area (Å²) in [6, 6.07) is 19.7. The number of thioether (sulfide) groups is 1. The van der Waals surface area contributed by atoms with E-state index in [4.69, 9.17) is 14.2 Å². The van der Waals surface area contributed by atoms with Crippen molar-refractivity contribution in [3.63, 3.8) is 0 Å². The molecule has 0 bridgehead atoms. The Morgan fingerprint density at radius 2 is 1.41 bits per heavy atom. The highest BCUT2D eigenvalue weighted by Crippen LogP contribution is 2.30. The number of hydrogen-bond donors (Lipinski definition) is 2. The average Bonchev–Trinajstić information content (AvgIpc) is 2.82. The maximum atomic E-state index is 12.9. The summed E-state index contributed by atoms with van der Waals surface area (Å²) >= 11 is 1.36. The lowest BCUT2D eigenvalue weighted by Gasteiger charge is -2.13. The quantitative estimate of drug-likeness (QED) is 0.458. The number of nitrogens with one attached hydrogen (secondary N) is 2. The van der Waals surface area contributed by atoms with Crippen LogP contribution in [0.1, 0.15) is 10.4 Å². The molecule has 8 heteroatoms. The normalized spacial score (nSPS) is 10.2. The third-order valence-corrected chi connectivity index (χ3v) is 5.49. The van der Waals surface area contributed by atoms with Crippen LogP contribution in [-0.4, -0.2) is 38.9 Å². The van der Waals surface area contributed by atoms with E-state index < -0.39 is 0 Å². The van der Waals surface area contributed by atoms with Crippen LogP contribution in [0.2, 0.25) is 0 Å². The Bertz CT molecular complexity index is 1080. The van der Waals surface area contributed by atoms with E-state index in [1.54, 1.807) is 49.6 Å². The molecular weight excluding hydrogens is 428 g/mol. The maximum absolute atomic E-state index is 12.9. The van der Waals surface area contributed by atoms with E-state index in [1.165, 1.54) is 26.0 Å². The predicted octanol–water partition coefficient (Wildman–Crippen LogP) is 4.70. The van der Waals surface area contributed by atoms with E-state index in [1.807, 2.05) is 24.3 Å². The highest BCUT2D eigenvalue weighted by Gasteiger charge is 2.18. The second-order valence-electron chi connectivity index (χ2n) is 6.56. The van der Waals surface area contributed by atoms with Crippen molar-refractivity contribution in [3.8, 4) is 17.2 Å². The standard InChI is InChI=1S/C24H24N2O5S/c1-29-19-11-5-4-10-18(19)26-22(27)15-32-17-9-6-8-16(14-17)25-24(28)23-20(30-2)12-7-13-21(23)31-3/h4-14H,15H2,1-3H3,(H,25,28)(H,26,27). The fourth-order valence-corrected chi connectivity index (χ4v) is 3.77. The number of benzene rings is 3. The molecule has 2 N–H and O–H groups in total. The number of para-hydroxylation sites is 2. The van der Waals surface area contributed by atoms with Crippen molar-refractivity contribution in [3.05, 3.63) is 72.3 Å². The summed E-state index contributed by atoms with van der Waals surface area (Å²) in [7, 11) is 4.55. The molecule has 0 spiro atoms. The molecule has 0 atom stereocenters. The molecule has 32 heavy (non-hydrogen) atoms. The van der Waals surface area contributed by atoms with Crippen molar-refractivity contribution in [1.82, 2.24) is 0 Å². The molecule has 0 saturated heterocycles. The van der Waals surface area contributed by atoms with Gasteiger partial charge in [0.1, 0.15) is 22.8 Å². The number of carbonyl (C=O) groups is 2. The zero-order valence-corrected chi connectivity index (χ0v) is 18.8. The summed E-state index contributed by atoms with van der Waals surface area (Å²) < 4.78 is 15.9. The lowest BCUT2D eigenvalue weighted by Crippen LogP contribution is -2.15. The number of methoxy groups -OCH3 is 3. The lowest BCUT2D eigenvalue weighted by atomic mass is 10.1. The minimum atomic E-state index is -0.352. The Morgan fingerprint density at radius 3 is 2.09 bits per heavy atom. The predicted molar refractivity (Wildman–Crippen MR) is 126 cm³/mol. The van der Waals surface area contributed by atoms with Crippen molar-refractivity contribution < 1.29 is 23.8 Å². The molecule has 0 aromatic heterocycles. The Hall–Kier alpha value is -3.65. The van der Waals surface area contributed by atoms with Crippen molar-refractivity contribution >= 4 is 35.0 Å². The molecule has 3 rings (SSSR count). The van der Waals surface area contributed by atoms with E-state index in [-0.39, 0.29) is 17.6 Å². The van der Waals surface area contributed by atoms with Crippen LogP contribution in [0.4, 0.5) is 11.4 Å². The molecule has 7 nitrogen and oxygen atoms in total. The molecule has 0 aliphatic rings. The number of rotatable bonds is 9. The van der Waals surface area contributed by atoms with Gasteiger partial charge in [0.25, 0.3) is 5.91 Å². The van der Waals surface area contributed by atoms with Crippen LogP contribution in [0.5, 0.6) is 17.2 Å². The van der Waals surface area contributed by atoms with Gasteiger partial charge in [-0.3, -0.25) is 9.59 Å². The van der Waals surface area contributed by atoms with Crippen LogP contribution >= 0.6 is 11.8 Å². The van der Waals surface area contributed by atoms with Gasteiger partial charge in [0.2, 0.25) is 5.91 Å². The summed E-state index contributed by atoms with van der Waals surface area (Å²) in [6.07, 6.45) is 0. The molecule has 2 amide bonds. The van der Waals surface area contributed by atoms with E-state index in [9.17, 15) is 9.59 Å². The van der Waals surface area contributed by atoms with Gasteiger partial charge in [0, 0.05) is 10.6 Å². The molecule has 3 aromatic carbocycles. The van der Waals surface area contributed by atoms with Gasteiger partial charge in [0.05, 0.1) is 32.8 Å². The second kappa shape index (κ2) is 11.1. The number of hydrogen-bond acceptors (Lipinski definition) is 6. The summed E-state index contributed by atoms with van der Waals surface area (Å²) in [5.41, 5.74) is 1.53. The minimum Gasteiger partial charge on any atom is -0.496 e. The Morgan fingerprint density at radius 1 is 0.781 bits per heavy atom. The van der Waals surface area contributed by atoms with Gasteiger partial charge in [-0.2, -0.15) is 0 Å². The monoisotopic (exact) mass is 452 g/mol. The molecule has 0 saturated carbocycles. The van der Waals surface area contributed by atoms with Gasteiger partial charge in [0.15, 0.2) is 0 Å². The first kappa shape index (κ1) is 23.0. The molecular formula is C24H24N2O5S. The Labute approximate surface area is 191 Å². The van der Waals surface area contributed by atoms with Crippen molar-refractivity contribution in [2.75, 3.05) is 37.7 Å². The fourth-order valence-electron chi connectivity index (χ4n) is 3.02. The number of anilines is 2. The molecule has 166 valence electrons. The van der Waals surface area contributed by atoms with Gasteiger partial charge < -0.3 is 24.8 Å². The molecule has 0 heterocycles. The third kappa shape index (κ3) is 5.73. The van der Waals surface area contributed by atoms with E-state index in [0.29, 0.717) is 34.2 Å². The number of carbonyl (C=O) groups excluding carboxylic acids is 2. The highest BCUT2D eigenvalue weighted by atomic mass is 32.2. The van der Waals surface area contributed by atoms with Gasteiger partial charge in [-0.1, -0.05) is 24.3 Å². The average molecular weight is 453 g/mol. The first-order valence-electron chi connectivity index (χ1n) is 9.73. The molecule has 0 fully saturated rings. The highest BCUT2D eigenvalue weighted by molar-refractivity contribution is 8.00. The maximum Gasteiger partial charge on any atom is 0.263 e. The van der Waals surface area contributed by atoms with Crippen molar-refractivity contribution in [1.29, 1.82) is 0 Å². The third-order valence-electron chi connectivity index (χ3n) is 4.50. The molecule has 0 unspecified atom stereocenters. The Kier molecular flexibility index (Phi) is 7.99. The first-order chi connectivity index (χ1) is 15.5. The number of amides is 2. The van der Waals surface area contributed by atoms with Gasteiger partial charge in [-0.15, -0.1) is 11.8 Å². The minimum absolute atomic E-state index is 0.160. The molecule has 3 aromatic rings. The van der Waals surface area contributed by atoms with Crippen LogP contribution in [0.25, 0.3) is 0 Å².